The highest BCUT2D eigenvalue weighted by Gasteiger charge is 2.37. The minimum absolute atomic E-state index is 0.195. The van der Waals surface area contributed by atoms with Gasteiger partial charge >= 0.3 is 0 Å². The first-order valence-electron chi connectivity index (χ1n) is 9.68. The molecule has 1 aromatic heterocycles. The molecule has 0 N–H and O–H groups in total. The topological polar surface area (TPSA) is 94.6 Å². The molecule has 4 rings (SSSR count). The Bertz CT molecular complexity index is 1060. The molecule has 3 heterocycles. The van der Waals surface area contributed by atoms with Gasteiger partial charge < -0.3 is 9.32 Å². The molecule has 2 saturated heterocycles. The van der Waals surface area contributed by atoms with Crippen molar-refractivity contribution in [2.45, 2.75) is 19.3 Å². The predicted octanol–water partition coefficient (Wildman–Crippen LogP) is 3.87. The molecule has 0 atom stereocenters. The van der Waals surface area contributed by atoms with E-state index in [1.807, 2.05) is 0 Å². The molecule has 0 radical (unpaired) electrons. The number of carbonyl (C=O) groups excluding carboxylic acids is 3. The molecule has 2 aromatic rings. The summed E-state index contributed by atoms with van der Waals surface area (Å²) in [7, 11) is 0. The summed E-state index contributed by atoms with van der Waals surface area (Å²) in [5.41, 5.74) is 1.35. The molecular formula is C22H19N3O4S. The van der Waals surface area contributed by atoms with Gasteiger partial charge in [-0.15, -0.1) is 0 Å². The second kappa shape index (κ2) is 8.59. The average Bonchev–Trinajstić information content (AvgIpc) is 3.35. The van der Waals surface area contributed by atoms with Crippen LogP contribution in [0.2, 0.25) is 0 Å². The van der Waals surface area contributed by atoms with Crippen molar-refractivity contribution < 1.29 is 18.8 Å². The SMILES string of the molecule is N#Cc1ccc(-c2ccc(/C=C3\SC(=O)N(CC(=O)N4CCCCC4)C3=O)o2)cc1. The van der Waals surface area contributed by atoms with Crippen molar-refractivity contribution in [1.29, 1.82) is 5.26 Å². The van der Waals surface area contributed by atoms with E-state index in [0.717, 1.165) is 41.5 Å². The third kappa shape index (κ3) is 4.16. The largest absolute Gasteiger partial charge is 0.457 e. The van der Waals surface area contributed by atoms with Gasteiger partial charge in [0, 0.05) is 24.7 Å². The zero-order chi connectivity index (χ0) is 21.1. The third-order valence-electron chi connectivity index (χ3n) is 5.07. The van der Waals surface area contributed by atoms with Crippen molar-refractivity contribution in [3.8, 4) is 17.4 Å². The highest BCUT2D eigenvalue weighted by atomic mass is 32.2. The van der Waals surface area contributed by atoms with Crippen molar-refractivity contribution in [2.75, 3.05) is 19.6 Å². The second-order valence-electron chi connectivity index (χ2n) is 7.10. The third-order valence-corrected chi connectivity index (χ3v) is 5.98. The van der Waals surface area contributed by atoms with E-state index in [0.29, 0.717) is 30.2 Å². The van der Waals surface area contributed by atoms with E-state index in [2.05, 4.69) is 6.07 Å². The van der Waals surface area contributed by atoms with Crippen LogP contribution in [-0.4, -0.2) is 46.5 Å². The molecule has 1 aromatic carbocycles. The molecule has 3 amide bonds. The monoisotopic (exact) mass is 421 g/mol. The van der Waals surface area contributed by atoms with Crippen molar-refractivity contribution in [1.82, 2.24) is 9.80 Å². The maximum Gasteiger partial charge on any atom is 0.294 e. The molecule has 2 fully saturated rings. The van der Waals surface area contributed by atoms with Gasteiger partial charge in [-0.1, -0.05) is 0 Å². The molecule has 2 aliphatic heterocycles. The van der Waals surface area contributed by atoms with Crippen molar-refractivity contribution in [2.24, 2.45) is 0 Å². The first kappa shape index (κ1) is 20.0. The zero-order valence-corrected chi connectivity index (χ0v) is 17.0. The molecule has 0 spiro atoms. The van der Waals surface area contributed by atoms with Crippen LogP contribution < -0.4 is 0 Å². The van der Waals surface area contributed by atoms with Crippen LogP contribution in [0.15, 0.2) is 45.7 Å². The van der Waals surface area contributed by atoms with Gasteiger partial charge in [-0.25, -0.2) is 0 Å². The fraction of sp³-hybridized carbons (Fsp3) is 0.273. The summed E-state index contributed by atoms with van der Waals surface area (Å²) >= 11 is 0.807. The lowest BCUT2D eigenvalue weighted by Gasteiger charge is -2.27. The minimum atomic E-state index is -0.480. The smallest absolute Gasteiger partial charge is 0.294 e. The van der Waals surface area contributed by atoms with Gasteiger partial charge in [-0.05, 0) is 67.4 Å². The Morgan fingerprint density at radius 2 is 1.83 bits per heavy atom. The molecule has 8 heteroatoms. The number of amides is 3. The summed E-state index contributed by atoms with van der Waals surface area (Å²) < 4.78 is 5.77. The fourth-order valence-electron chi connectivity index (χ4n) is 3.44. The Balaban J connectivity index is 1.46. The summed E-state index contributed by atoms with van der Waals surface area (Å²) in [4.78, 5) is 40.3. The number of thioether (sulfide) groups is 1. The number of carbonyl (C=O) groups is 3. The highest BCUT2D eigenvalue weighted by molar-refractivity contribution is 8.18. The van der Waals surface area contributed by atoms with Gasteiger partial charge in [-0.3, -0.25) is 19.3 Å². The number of nitrogens with zero attached hydrogens (tertiary/aromatic N) is 3. The number of imide groups is 1. The van der Waals surface area contributed by atoms with Gasteiger partial charge in [0.05, 0.1) is 16.5 Å². The van der Waals surface area contributed by atoms with E-state index in [1.54, 1.807) is 41.3 Å². The molecule has 0 bridgehead atoms. The molecule has 0 saturated carbocycles. The van der Waals surface area contributed by atoms with Crippen LogP contribution in [0.1, 0.15) is 30.6 Å². The standard InChI is InChI=1S/C22H19N3O4S/c23-13-15-4-6-16(7-5-15)18-9-8-17(29-18)12-19-21(27)25(22(28)30-19)14-20(26)24-10-2-1-3-11-24/h4-9,12H,1-3,10-11,14H2/b19-12-. The zero-order valence-electron chi connectivity index (χ0n) is 16.2. The van der Waals surface area contributed by atoms with Gasteiger partial charge in [0.1, 0.15) is 18.1 Å². The van der Waals surface area contributed by atoms with E-state index < -0.39 is 11.1 Å². The highest BCUT2D eigenvalue weighted by Crippen LogP contribution is 2.33. The summed E-state index contributed by atoms with van der Waals surface area (Å²) in [5, 5.41) is 8.44. The van der Waals surface area contributed by atoms with E-state index in [-0.39, 0.29) is 17.4 Å². The number of nitriles is 1. The first-order chi connectivity index (χ1) is 14.5. The number of hydrogen-bond donors (Lipinski definition) is 0. The number of hydrogen-bond acceptors (Lipinski definition) is 6. The number of likely N-dealkylation sites (tertiary alicyclic amines) is 1. The summed E-state index contributed by atoms with van der Waals surface area (Å²) in [6.45, 7) is 1.13. The fourth-order valence-corrected chi connectivity index (χ4v) is 4.26. The lowest BCUT2D eigenvalue weighted by atomic mass is 10.1. The van der Waals surface area contributed by atoms with Crippen LogP contribution in [0.25, 0.3) is 17.4 Å². The molecule has 30 heavy (non-hydrogen) atoms. The molecule has 7 nitrogen and oxygen atoms in total. The maximum absolute atomic E-state index is 12.7. The lowest BCUT2D eigenvalue weighted by molar-refractivity contribution is -0.136. The molecule has 0 unspecified atom stereocenters. The first-order valence-corrected chi connectivity index (χ1v) is 10.5. The van der Waals surface area contributed by atoms with Crippen LogP contribution in [0.5, 0.6) is 0 Å². The van der Waals surface area contributed by atoms with E-state index in [1.165, 1.54) is 6.08 Å². The Kier molecular flexibility index (Phi) is 5.72. The van der Waals surface area contributed by atoms with Crippen molar-refractivity contribution in [3.05, 3.63) is 52.6 Å². The van der Waals surface area contributed by atoms with Crippen molar-refractivity contribution >= 4 is 34.9 Å². The predicted molar refractivity (Wildman–Crippen MR) is 112 cm³/mol. The number of furan rings is 1. The normalized spacial score (nSPS) is 18.2. The molecular weight excluding hydrogens is 402 g/mol. The van der Waals surface area contributed by atoms with Gasteiger partial charge in [-0.2, -0.15) is 5.26 Å². The number of rotatable bonds is 4. The molecule has 2 aliphatic rings. The van der Waals surface area contributed by atoms with Crippen LogP contribution in [-0.2, 0) is 9.59 Å². The van der Waals surface area contributed by atoms with Gasteiger partial charge in [0.15, 0.2) is 0 Å². The van der Waals surface area contributed by atoms with Crippen LogP contribution in [0.4, 0.5) is 4.79 Å². The number of piperidine rings is 1. The van der Waals surface area contributed by atoms with E-state index >= 15 is 0 Å². The summed E-state index contributed by atoms with van der Waals surface area (Å²) in [5.74, 6) is 0.346. The maximum atomic E-state index is 12.7. The Labute approximate surface area is 177 Å². The van der Waals surface area contributed by atoms with Crippen molar-refractivity contribution in [3.63, 3.8) is 0 Å². The average molecular weight is 421 g/mol. The Hall–Kier alpha value is -3.31. The molecule has 0 aliphatic carbocycles. The van der Waals surface area contributed by atoms with Crippen LogP contribution in [0.3, 0.4) is 0 Å². The van der Waals surface area contributed by atoms with Gasteiger partial charge in [0.25, 0.3) is 11.1 Å². The summed E-state index contributed by atoms with van der Waals surface area (Å²) in [6.07, 6.45) is 4.52. The lowest BCUT2D eigenvalue weighted by Crippen LogP contribution is -2.44. The van der Waals surface area contributed by atoms with E-state index in [9.17, 15) is 14.4 Å². The second-order valence-corrected chi connectivity index (χ2v) is 8.09. The minimum Gasteiger partial charge on any atom is -0.457 e. The quantitative estimate of drug-likeness (QED) is 0.696. The Morgan fingerprint density at radius 3 is 2.53 bits per heavy atom. The van der Waals surface area contributed by atoms with E-state index in [4.69, 9.17) is 9.68 Å². The summed E-state index contributed by atoms with van der Waals surface area (Å²) in [6, 6.07) is 12.5. The Morgan fingerprint density at radius 1 is 1.10 bits per heavy atom. The molecule has 152 valence electrons. The van der Waals surface area contributed by atoms with Gasteiger partial charge in [0.2, 0.25) is 5.91 Å². The van der Waals surface area contributed by atoms with Crippen LogP contribution in [0, 0.1) is 11.3 Å². The van der Waals surface area contributed by atoms with Crippen LogP contribution >= 0.6 is 11.8 Å². The number of benzene rings is 1.